The summed E-state index contributed by atoms with van der Waals surface area (Å²) in [5.41, 5.74) is 6.15. The van der Waals surface area contributed by atoms with Crippen molar-refractivity contribution in [2.45, 2.75) is 155 Å². The molecule has 2 saturated heterocycles. The first kappa shape index (κ1) is 34.3. The maximum Gasteiger partial charge on any atom is 0.494 e. The third-order valence-electron chi connectivity index (χ3n) is 11.9. The van der Waals surface area contributed by atoms with E-state index in [1.165, 1.54) is 47.9 Å². The van der Waals surface area contributed by atoms with Crippen molar-refractivity contribution < 1.29 is 18.6 Å². The predicted octanol–water partition coefficient (Wildman–Crippen LogP) is 7.48. The van der Waals surface area contributed by atoms with Gasteiger partial charge in [0.1, 0.15) is 0 Å². The highest BCUT2D eigenvalue weighted by Crippen LogP contribution is 2.58. The van der Waals surface area contributed by atoms with Crippen molar-refractivity contribution >= 4 is 33.6 Å². The number of hydrogen-bond donors (Lipinski definition) is 0. The Morgan fingerprint density at radius 2 is 0.814 bits per heavy atom. The summed E-state index contributed by atoms with van der Waals surface area (Å²) in [5.74, 6) is 0. The molecule has 2 atom stereocenters. The Kier molecular flexibility index (Phi) is 9.08. The smallest absolute Gasteiger partial charge is 0.399 e. The minimum absolute atomic E-state index is 0. The fraction of sp³-hybridized carbons (Fsp3) is 0.667. The van der Waals surface area contributed by atoms with E-state index in [2.05, 4.69) is 119 Å². The van der Waals surface area contributed by atoms with Crippen LogP contribution in [0.4, 0.5) is 0 Å². The molecule has 2 aromatic rings. The molecule has 231 valence electrons. The second-order valence-electron chi connectivity index (χ2n) is 15.7. The summed E-state index contributed by atoms with van der Waals surface area (Å²) in [6.45, 7) is 26.7. The molecule has 0 amide bonds. The molecule has 0 bridgehead atoms. The van der Waals surface area contributed by atoms with Gasteiger partial charge < -0.3 is 18.6 Å². The van der Waals surface area contributed by atoms with E-state index in [0.29, 0.717) is 0 Å². The predicted molar refractivity (Wildman–Crippen MR) is 183 cm³/mol. The number of hydrogen-bond acceptors (Lipinski definition) is 4. The van der Waals surface area contributed by atoms with Crippen molar-refractivity contribution in [2.75, 3.05) is 0 Å². The molecule has 0 N–H and O–H groups in total. The molecule has 1 aliphatic carbocycles. The molecule has 7 heteroatoms. The van der Waals surface area contributed by atoms with E-state index < -0.39 is 0 Å². The van der Waals surface area contributed by atoms with Crippen molar-refractivity contribution in [3.63, 3.8) is 0 Å². The van der Waals surface area contributed by atoms with Crippen LogP contribution in [0.1, 0.15) is 133 Å². The Balaban J connectivity index is 0.00000423. The molecule has 3 aliphatic rings. The molecular weight excluding hydrogens is 529 g/mol. The van der Waals surface area contributed by atoms with Crippen LogP contribution in [0, 0.1) is 0 Å². The normalized spacial score (nSPS) is 27.9. The molecule has 0 spiro atoms. The first-order valence-corrected chi connectivity index (χ1v) is 16.4. The monoisotopic (exact) mass is 583 g/mol. The molecular formula is C36H54B3O4. The van der Waals surface area contributed by atoms with E-state index in [1.807, 2.05) is 0 Å². The maximum atomic E-state index is 6.53. The largest absolute Gasteiger partial charge is 0.494 e. The highest BCUT2D eigenvalue weighted by molar-refractivity contribution is 6.62. The standard InChI is InChI=1S/C36H54B2O4.B/c1-13-15-21-35(11)29-23-25(37-39-31(3,4)32(5,6)40-37)17-19-27(29)28-20-18-26(24-30(28)36(35,12)22-16-14-2)38-41-33(7,8)34(9,10)42-38;/h17-20,23-24H,13-16,21-22H2,1-12H3;. The SMILES string of the molecule is CCCCC1(C)c2cc(B3OC(C)(C)C(C)(C)O3)ccc2-c2ccc(B3OC(C)(C)C(C)(C)O3)cc2C1(C)CCCC.[B]. The summed E-state index contributed by atoms with van der Waals surface area (Å²) in [7, 11) is -0.741. The van der Waals surface area contributed by atoms with Gasteiger partial charge in [0.2, 0.25) is 0 Å². The number of rotatable bonds is 8. The van der Waals surface area contributed by atoms with E-state index in [4.69, 9.17) is 18.6 Å². The van der Waals surface area contributed by atoms with Crippen LogP contribution in [-0.2, 0) is 29.4 Å². The Bertz CT molecular complexity index is 1200. The van der Waals surface area contributed by atoms with Gasteiger partial charge in [0.25, 0.3) is 0 Å². The summed E-state index contributed by atoms with van der Waals surface area (Å²) in [5, 5.41) is 0. The highest BCUT2D eigenvalue weighted by atomic mass is 16.7. The summed E-state index contributed by atoms with van der Waals surface area (Å²) in [6.07, 6.45) is 6.97. The van der Waals surface area contributed by atoms with Gasteiger partial charge in [-0.1, -0.05) is 89.8 Å². The number of fused-ring (bicyclic) bond motifs is 3. The fourth-order valence-corrected chi connectivity index (χ4v) is 7.23. The van der Waals surface area contributed by atoms with Crippen LogP contribution >= 0.6 is 0 Å². The molecule has 3 radical (unpaired) electrons. The second-order valence-corrected chi connectivity index (χ2v) is 15.7. The molecule has 5 rings (SSSR count). The van der Waals surface area contributed by atoms with Gasteiger partial charge in [0.05, 0.1) is 22.4 Å². The lowest BCUT2D eigenvalue weighted by atomic mass is 9.49. The average Bonchev–Trinajstić information content (AvgIpc) is 3.28. The first-order valence-electron chi connectivity index (χ1n) is 16.4. The lowest BCUT2D eigenvalue weighted by Gasteiger charge is -2.53. The van der Waals surface area contributed by atoms with E-state index in [9.17, 15) is 0 Å². The first-order chi connectivity index (χ1) is 19.4. The van der Waals surface area contributed by atoms with Gasteiger partial charge in [0.15, 0.2) is 0 Å². The van der Waals surface area contributed by atoms with Crippen molar-refractivity contribution in [2.24, 2.45) is 0 Å². The summed E-state index contributed by atoms with van der Waals surface area (Å²) < 4.78 is 26.1. The Morgan fingerprint density at radius 3 is 1.09 bits per heavy atom. The molecule has 4 nitrogen and oxygen atoms in total. The molecule has 43 heavy (non-hydrogen) atoms. The van der Waals surface area contributed by atoms with E-state index >= 15 is 0 Å². The highest BCUT2D eigenvalue weighted by Gasteiger charge is 2.55. The third-order valence-corrected chi connectivity index (χ3v) is 11.9. The van der Waals surface area contributed by atoms with Gasteiger partial charge in [-0.2, -0.15) is 0 Å². The Morgan fingerprint density at radius 1 is 0.512 bits per heavy atom. The van der Waals surface area contributed by atoms with Crippen LogP contribution in [0.25, 0.3) is 11.1 Å². The molecule has 2 aromatic carbocycles. The molecule has 2 unspecified atom stereocenters. The summed E-state index contributed by atoms with van der Waals surface area (Å²) in [4.78, 5) is 0. The van der Waals surface area contributed by atoms with Crippen LogP contribution in [-0.4, -0.2) is 45.1 Å². The van der Waals surface area contributed by atoms with Crippen molar-refractivity contribution in [3.05, 3.63) is 47.5 Å². The van der Waals surface area contributed by atoms with Gasteiger partial charge >= 0.3 is 14.2 Å². The van der Waals surface area contributed by atoms with E-state index in [0.717, 1.165) is 23.8 Å². The third kappa shape index (κ3) is 5.39. The Hall–Kier alpha value is -1.53. The molecule has 2 heterocycles. The van der Waals surface area contributed by atoms with Gasteiger partial charge in [-0.05, 0) is 101 Å². The zero-order valence-electron chi connectivity index (χ0n) is 29.1. The molecule has 0 aromatic heterocycles. The summed E-state index contributed by atoms with van der Waals surface area (Å²) in [6, 6.07) is 13.9. The second kappa shape index (κ2) is 11.4. The van der Waals surface area contributed by atoms with Crippen molar-refractivity contribution in [3.8, 4) is 11.1 Å². The average molecular weight is 583 g/mol. The topological polar surface area (TPSA) is 36.9 Å². The van der Waals surface area contributed by atoms with Crippen molar-refractivity contribution in [1.29, 1.82) is 0 Å². The van der Waals surface area contributed by atoms with E-state index in [-0.39, 0.29) is 55.9 Å². The number of benzene rings is 2. The zero-order chi connectivity index (χ0) is 30.9. The quantitative estimate of drug-likeness (QED) is 0.302. The van der Waals surface area contributed by atoms with Gasteiger partial charge in [0, 0.05) is 19.2 Å². The van der Waals surface area contributed by atoms with Crippen LogP contribution in [0.5, 0.6) is 0 Å². The number of unbranched alkanes of at least 4 members (excludes halogenated alkanes) is 2. The van der Waals surface area contributed by atoms with Crippen LogP contribution in [0.3, 0.4) is 0 Å². The van der Waals surface area contributed by atoms with Crippen molar-refractivity contribution in [1.82, 2.24) is 0 Å². The fourth-order valence-electron chi connectivity index (χ4n) is 7.23. The summed E-state index contributed by atoms with van der Waals surface area (Å²) >= 11 is 0. The van der Waals surface area contributed by atoms with E-state index in [1.54, 1.807) is 0 Å². The van der Waals surface area contributed by atoms with Crippen LogP contribution in [0.2, 0.25) is 0 Å². The van der Waals surface area contributed by atoms with Gasteiger partial charge in [-0.15, -0.1) is 0 Å². The Labute approximate surface area is 265 Å². The zero-order valence-corrected chi connectivity index (χ0v) is 29.1. The van der Waals surface area contributed by atoms with Gasteiger partial charge in [-0.3, -0.25) is 0 Å². The van der Waals surface area contributed by atoms with Crippen LogP contribution < -0.4 is 10.9 Å². The maximum absolute atomic E-state index is 6.53. The minimum atomic E-state index is -0.371. The molecule has 0 saturated carbocycles. The van der Waals surface area contributed by atoms with Crippen LogP contribution in [0.15, 0.2) is 36.4 Å². The lowest BCUT2D eigenvalue weighted by molar-refractivity contribution is 0.00578. The minimum Gasteiger partial charge on any atom is -0.399 e. The van der Waals surface area contributed by atoms with Gasteiger partial charge in [-0.25, -0.2) is 0 Å². The lowest BCUT2D eigenvalue weighted by Crippen LogP contribution is -2.50. The molecule has 2 fully saturated rings. The molecule has 2 aliphatic heterocycles.